The standard InChI is InChI=1S/C15H19NO6S/c1-5-21-15(18)14(11(3)17)22-12(4)16-23(19,20)13-8-6-10(2)7-9-13/h6-9,14H,5H2,1-4H3/b16-12+. The zero-order chi connectivity index (χ0) is 17.6. The van der Waals surface area contributed by atoms with Crippen molar-refractivity contribution in [3.63, 3.8) is 0 Å². The van der Waals surface area contributed by atoms with E-state index in [2.05, 4.69) is 4.40 Å². The molecule has 23 heavy (non-hydrogen) atoms. The molecule has 0 aliphatic carbocycles. The molecule has 1 aromatic carbocycles. The monoisotopic (exact) mass is 341 g/mol. The van der Waals surface area contributed by atoms with Crippen LogP contribution < -0.4 is 0 Å². The normalized spacial score (nSPS) is 13.3. The number of aryl methyl sites for hydroxylation is 1. The second-order valence-corrected chi connectivity index (χ2v) is 6.36. The van der Waals surface area contributed by atoms with Gasteiger partial charge in [0.25, 0.3) is 16.1 Å². The molecule has 1 rings (SSSR count). The molecule has 0 N–H and O–H groups in total. The fourth-order valence-electron chi connectivity index (χ4n) is 1.64. The molecule has 0 bridgehead atoms. The first kappa shape index (κ1) is 18.8. The number of ketones is 1. The van der Waals surface area contributed by atoms with Gasteiger partial charge in [0.05, 0.1) is 11.5 Å². The average molecular weight is 341 g/mol. The minimum atomic E-state index is -3.99. The Morgan fingerprint density at radius 2 is 1.74 bits per heavy atom. The first-order chi connectivity index (χ1) is 10.7. The maximum atomic E-state index is 12.1. The van der Waals surface area contributed by atoms with Crippen LogP contribution in [0.5, 0.6) is 0 Å². The molecule has 0 radical (unpaired) electrons. The van der Waals surface area contributed by atoms with Gasteiger partial charge < -0.3 is 9.47 Å². The van der Waals surface area contributed by atoms with Crippen LogP contribution in [0.25, 0.3) is 0 Å². The van der Waals surface area contributed by atoms with Gasteiger partial charge in [-0.2, -0.15) is 8.42 Å². The van der Waals surface area contributed by atoms with Crippen LogP contribution in [0.15, 0.2) is 33.6 Å². The highest BCUT2D eigenvalue weighted by molar-refractivity contribution is 7.90. The average Bonchev–Trinajstić information content (AvgIpc) is 2.44. The zero-order valence-corrected chi connectivity index (χ0v) is 14.2. The lowest BCUT2D eigenvalue weighted by Crippen LogP contribution is -2.34. The summed E-state index contributed by atoms with van der Waals surface area (Å²) in [6.45, 7) is 5.87. The van der Waals surface area contributed by atoms with E-state index in [-0.39, 0.29) is 17.4 Å². The number of hydrogen-bond acceptors (Lipinski definition) is 6. The number of hydrogen-bond donors (Lipinski definition) is 0. The van der Waals surface area contributed by atoms with Crippen LogP contribution in [-0.2, 0) is 29.1 Å². The van der Waals surface area contributed by atoms with Crippen molar-refractivity contribution >= 4 is 27.7 Å². The van der Waals surface area contributed by atoms with Gasteiger partial charge in [-0.25, -0.2) is 4.79 Å². The molecule has 7 nitrogen and oxygen atoms in total. The Labute approximate surface area is 135 Å². The van der Waals surface area contributed by atoms with Gasteiger partial charge in [-0.3, -0.25) is 4.79 Å². The summed E-state index contributed by atoms with van der Waals surface area (Å²) in [5, 5.41) is 0. The summed E-state index contributed by atoms with van der Waals surface area (Å²) in [5.41, 5.74) is 0.903. The third-order valence-corrected chi connectivity index (χ3v) is 4.09. The van der Waals surface area contributed by atoms with E-state index in [4.69, 9.17) is 9.47 Å². The van der Waals surface area contributed by atoms with E-state index in [9.17, 15) is 18.0 Å². The first-order valence-electron chi connectivity index (χ1n) is 6.89. The highest BCUT2D eigenvalue weighted by Crippen LogP contribution is 2.14. The van der Waals surface area contributed by atoms with Crippen molar-refractivity contribution in [1.29, 1.82) is 0 Å². The number of benzene rings is 1. The number of ether oxygens (including phenoxy) is 2. The number of sulfonamides is 1. The molecule has 0 aliphatic rings. The van der Waals surface area contributed by atoms with Gasteiger partial charge >= 0.3 is 5.97 Å². The molecule has 1 aromatic rings. The van der Waals surface area contributed by atoms with Crippen LogP contribution in [0.1, 0.15) is 26.3 Å². The quantitative estimate of drug-likeness (QED) is 0.337. The lowest BCUT2D eigenvalue weighted by Gasteiger charge is -2.14. The molecule has 0 aliphatic heterocycles. The predicted octanol–water partition coefficient (Wildman–Crippen LogP) is 1.64. The molecule has 0 heterocycles. The number of nitrogens with zero attached hydrogens (tertiary/aromatic N) is 1. The molecule has 126 valence electrons. The minimum absolute atomic E-state index is 0.0124. The van der Waals surface area contributed by atoms with Gasteiger partial charge in [-0.1, -0.05) is 17.7 Å². The Bertz CT molecular complexity index is 706. The third kappa shape index (κ3) is 5.48. The molecule has 1 atom stereocenters. The van der Waals surface area contributed by atoms with Crippen molar-refractivity contribution in [3.8, 4) is 0 Å². The van der Waals surface area contributed by atoms with Crippen molar-refractivity contribution < 1.29 is 27.5 Å². The Morgan fingerprint density at radius 3 is 2.22 bits per heavy atom. The molecular weight excluding hydrogens is 322 g/mol. The largest absolute Gasteiger partial charge is 0.463 e. The highest BCUT2D eigenvalue weighted by atomic mass is 32.2. The summed E-state index contributed by atoms with van der Waals surface area (Å²) < 4.78 is 37.5. The fourth-order valence-corrected chi connectivity index (χ4v) is 2.61. The Hall–Kier alpha value is -2.22. The summed E-state index contributed by atoms with van der Waals surface area (Å²) in [6, 6.07) is 6.09. The van der Waals surface area contributed by atoms with Crippen LogP contribution >= 0.6 is 0 Å². The van der Waals surface area contributed by atoms with Crippen LogP contribution in [0.3, 0.4) is 0 Å². The Morgan fingerprint density at radius 1 is 1.17 bits per heavy atom. The molecule has 0 saturated carbocycles. The summed E-state index contributed by atoms with van der Waals surface area (Å²) in [5.74, 6) is -1.81. The topological polar surface area (TPSA) is 99.1 Å². The molecule has 0 aromatic heterocycles. The van der Waals surface area contributed by atoms with Gasteiger partial charge in [0.1, 0.15) is 0 Å². The molecule has 0 amide bonds. The van der Waals surface area contributed by atoms with Crippen molar-refractivity contribution in [2.45, 2.75) is 38.7 Å². The predicted molar refractivity (Wildman–Crippen MR) is 83.7 cm³/mol. The van der Waals surface area contributed by atoms with Gasteiger partial charge in [0.2, 0.25) is 0 Å². The fraction of sp³-hybridized carbons (Fsp3) is 0.400. The summed E-state index contributed by atoms with van der Waals surface area (Å²) in [6.07, 6.45) is -1.54. The van der Waals surface area contributed by atoms with Crippen LogP contribution in [0.2, 0.25) is 0 Å². The highest BCUT2D eigenvalue weighted by Gasteiger charge is 2.28. The van der Waals surface area contributed by atoms with Crippen molar-refractivity contribution in [3.05, 3.63) is 29.8 Å². The number of rotatable bonds is 6. The third-order valence-electron chi connectivity index (χ3n) is 2.73. The second kappa shape index (κ2) is 7.87. The van der Waals surface area contributed by atoms with E-state index in [1.54, 1.807) is 19.1 Å². The van der Waals surface area contributed by atoms with Gasteiger partial charge in [-0.15, -0.1) is 4.40 Å². The van der Waals surface area contributed by atoms with Crippen LogP contribution in [0.4, 0.5) is 0 Å². The van der Waals surface area contributed by atoms with Crippen molar-refractivity contribution in [1.82, 2.24) is 0 Å². The van der Waals surface area contributed by atoms with Gasteiger partial charge in [0, 0.05) is 6.92 Å². The van der Waals surface area contributed by atoms with E-state index in [0.29, 0.717) is 0 Å². The van der Waals surface area contributed by atoms with Crippen molar-refractivity contribution in [2.75, 3.05) is 6.61 Å². The zero-order valence-electron chi connectivity index (χ0n) is 13.4. The molecule has 1 unspecified atom stereocenters. The number of carbonyl (C=O) groups is 2. The lowest BCUT2D eigenvalue weighted by molar-refractivity contribution is -0.155. The molecule has 0 saturated heterocycles. The molecule has 0 fully saturated rings. The first-order valence-corrected chi connectivity index (χ1v) is 8.33. The maximum absolute atomic E-state index is 12.1. The summed E-state index contributed by atoms with van der Waals surface area (Å²) in [7, 11) is -3.99. The minimum Gasteiger partial charge on any atom is -0.463 e. The lowest BCUT2D eigenvalue weighted by atomic mass is 10.2. The Kier molecular flexibility index (Phi) is 6.44. The number of carbonyl (C=O) groups excluding carboxylic acids is 2. The molecule has 8 heteroatoms. The molecular formula is C15H19NO6S. The van der Waals surface area contributed by atoms with Gasteiger partial charge in [-0.05, 0) is 32.9 Å². The van der Waals surface area contributed by atoms with E-state index < -0.39 is 27.9 Å². The second-order valence-electron chi connectivity index (χ2n) is 4.76. The van der Waals surface area contributed by atoms with E-state index in [1.165, 1.54) is 19.1 Å². The van der Waals surface area contributed by atoms with E-state index in [0.717, 1.165) is 12.5 Å². The number of esters is 1. The maximum Gasteiger partial charge on any atom is 0.355 e. The SMILES string of the molecule is CCOC(=O)C(O/C(C)=N/S(=O)(=O)c1ccc(C)cc1)C(C)=O. The van der Waals surface area contributed by atoms with Crippen LogP contribution in [-0.4, -0.2) is 38.8 Å². The summed E-state index contributed by atoms with van der Waals surface area (Å²) >= 11 is 0. The Balaban J connectivity index is 2.99. The molecule has 0 spiro atoms. The van der Waals surface area contributed by atoms with E-state index in [1.807, 2.05) is 6.92 Å². The van der Waals surface area contributed by atoms with Crippen molar-refractivity contribution in [2.24, 2.45) is 4.40 Å². The van der Waals surface area contributed by atoms with Gasteiger partial charge in [0.15, 0.2) is 11.7 Å². The smallest absolute Gasteiger partial charge is 0.355 e. The van der Waals surface area contributed by atoms with Crippen LogP contribution in [0, 0.1) is 6.92 Å². The van der Waals surface area contributed by atoms with E-state index >= 15 is 0 Å². The summed E-state index contributed by atoms with van der Waals surface area (Å²) in [4.78, 5) is 23.0. The number of Topliss-reactive ketones (excluding diaryl/α,β-unsaturated/α-hetero) is 1.